The Morgan fingerprint density at radius 1 is 0.880 bits per heavy atom. The molecule has 1 fully saturated rings. The van der Waals surface area contributed by atoms with Crippen LogP contribution in [0.5, 0.6) is 0 Å². The highest BCUT2D eigenvalue weighted by atomic mass is 19.5. The second-order valence-corrected chi connectivity index (χ2v) is 6.76. The highest BCUT2D eigenvalue weighted by Gasteiger charge is 2.23. The first-order valence-corrected chi connectivity index (χ1v) is 9.35. The monoisotopic (exact) mass is 365 g/mol. The summed E-state index contributed by atoms with van der Waals surface area (Å²) in [5, 5.41) is 0. The lowest BCUT2D eigenvalue weighted by atomic mass is 10.2. The van der Waals surface area contributed by atoms with E-state index < -0.39 is 7.25 Å². The largest absolute Gasteiger partial charge is 0.673 e. The van der Waals surface area contributed by atoms with Gasteiger partial charge in [-0.05, 0) is 13.3 Å². The van der Waals surface area contributed by atoms with Crippen LogP contribution in [0.15, 0.2) is 30.6 Å². The van der Waals surface area contributed by atoms with Crippen LogP contribution < -0.4 is 4.57 Å². The van der Waals surface area contributed by atoms with Gasteiger partial charge in [0.1, 0.15) is 6.54 Å². The minimum absolute atomic E-state index is 1.17. The Labute approximate surface area is 150 Å². The molecule has 7 heteroatoms. The van der Waals surface area contributed by atoms with Crippen molar-refractivity contribution in [2.45, 2.75) is 58.9 Å². The summed E-state index contributed by atoms with van der Waals surface area (Å²) in [7, 11) is -3.65. The van der Waals surface area contributed by atoms with Gasteiger partial charge in [-0.3, -0.25) is 0 Å². The molecule has 1 aliphatic rings. The number of aryl methyl sites for hydroxylation is 1. The molecular formula is C18H34BF4N2+. The quantitative estimate of drug-likeness (QED) is 0.217. The third-order valence-corrected chi connectivity index (χ3v) is 4.46. The lowest BCUT2D eigenvalue weighted by molar-refractivity contribution is -0.895. The highest BCUT2D eigenvalue weighted by molar-refractivity contribution is 6.50. The average molecular weight is 365 g/mol. The average Bonchev–Trinajstić information content (AvgIpc) is 2.99. The van der Waals surface area contributed by atoms with Crippen molar-refractivity contribution >= 4 is 7.25 Å². The van der Waals surface area contributed by atoms with Gasteiger partial charge in [-0.1, -0.05) is 25.8 Å². The van der Waals surface area contributed by atoms with Gasteiger partial charge in [0, 0.05) is 31.4 Å². The minimum atomic E-state index is -6.00. The normalized spacial score (nSPS) is 15.6. The molecule has 0 spiro atoms. The van der Waals surface area contributed by atoms with Crippen molar-refractivity contribution in [2.24, 2.45) is 0 Å². The van der Waals surface area contributed by atoms with Gasteiger partial charge in [-0.2, -0.15) is 0 Å². The zero-order valence-corrected chi connectivity index (χ0v) is 15.9. The maximum Gasteiger partial charge on any atom is 0.673 e. The van der Waals surface area contributed by atoms with Gasteiger partial charge in [-0.15, -0.1) is 0 Å². The molecule has 0 amide bonds. The molecule has 2 heterocycles. The summed E-state index contributed by atoms with van der Waals surface area (Å²) in [6.07, 6.45) is 12.5. The molecule has 1 aromatic rings. The molecule has 0 saturated carbocycles. The van der Waals surface area contributed by atoms with Crippen molar-refractivity contribution in [3.05, 3.63) is 30.6 Å². The van der Waals surface area contributed by atoms with Crippen molar-refractivity contribution in [3.8, 4) is 0 Å². The zero-order chi connectivity index (χ0) is 19.2. The molecule has 1 aliphatic heterocycles. The van der Waals surface area contributed by atoms with E-state index in [0.29, 0.717) is 0 Å². The van der Waals surface area contributed by atoms with Crippen LogP contribution in [0.1, 0.15) is 52.4 Å². The van der Waals surface area contributed by atoms with Gasteiger partial charge in [0.25, 0.3) is 0 Å². The summed E-state index contributed by atoms with van der Waals surface area (Å²) in [6, 6.07) is 6.22. The first kappa shape index (κ1) is 23.9. The van der Waals surface area contributed by atoms with Crippen molar-refractivity contribution in [2.75, 3.05) is 26.7 Å². The fourth-order valence-corrected chi connectivity index (χ4v) is 2.72. The molecule has 1 saturated heterocycles. The van der Waals surface area contributed by atoms with E-state index in [4.69, 9.17) is 0 Å². The SMILES string of the molecule is CCCCCC[n+]1ccccc1.CC[N+]1(C)CCCC1.F[B-](F)(F)F. The Balaban J connectivity index is 0.000000382. The maximum absolute atomic E-state index is 9.75. The summed E-state index contributed by atoms with van der Waals surface area (Å²) in [5.41, 5.74) is 0. The number of likely N-dealkylation sites (tertiary alicyclic amines) is 1. The second kappa shape index (κ2) is 13.1. The predicted octanol–water partition coefficient (Wildman–Crippen LogP) is 5.10. The van der Waals surface area contributed by atoms with E-state index in [2.05, 4.69) is 56.1 Å². The van der Waals surface area contributed by atoms with Gasteiger partial charge in [0.15, 0.2) is 12.4 Å². The molecule has 146 valence electrons. The first-order chi connectivity index (χ1) is 11.7. The fraction of sp³-hybridized carbons (Fsp3) is 0.722. The van der Waals surface area contributed by atoms with Crippen LogP contribution in [0.3, 0.4) is 0 Å². The van der Waals surface area contributed by atoms with Crippen LogP contribution in [0.4, 0.5) is 17.3 Å². The first-order valence-electron chi connectivity index (χ1n) is 9.35. The maximum atomic E-state index is 9.75. The van der Waals surface area contributed by atoms with Gasteiger partial charge >= 0.3 is 7.25 Å². The number of hydrogen-bond acceptors (Lipinski definition) is 0. The smallest absolute Gasteiger partial charge is 0.418 e. The number of halogens is 4. The summed E-state index contributed by atoms with van der Waals surface area (Å²) in [5.74, 6) is 0. The molecule has 25 heavy (non-hydrogen) atoms. The van der Waals surface area contributed by atoms with Gasteiger partial charge in [-0.25, -0.2) is 4.57 Å². The summed E-state index contributed by atoms with van der Waals surface area (Å²) in [4.78, 5) is 0. The molecule has 0 aromatic carbocycles. The van der Waals surface area contributed by atoms with Gasteiger partial charge in [0.2, 0.25) is 0 Å². The number of unbranched alkanes of at least 4 members (excludes halogenated alkanes) is 3. The molecule has 0 aliphatic carbocycles. The third kappa shape index (κ3) is 16.1. The molecule has 0 atom stereocenters. The van der Waals surface area contributed by atoms with Crippen molar-refractivity contribution in [3.63, 3.8) is 0 Å². The van der Waals surface area contributed by atoms with Crippen LogP contribution in [0, 0.1) is 0 Å². The molecule has 0 unspecified atom stereocenters. The van der Waals surface area contributed by atoms with Gasteiger partial charge in [0.05, 0.1) is 26.7 Å². The molecule has 2 rings (SSSR count). The zero-order valence-electron chi connectivity index (χ0n) is 15.9. The fourth-order valence-electron chi connectivity index (χ4n) is 2.72. The van der Waals surface area contributed by atoms with Crippen molar-refractivity contribution in [1.82, 2.24) is 0 Å². The molecule has 2 nitrogen and oxygen atoms in total. The third-order valence-electron chi connectivity index (χ3n) is 4.46. The lowest BCUT2D eigenvalue weighted by Crippen LogP contribution is -2.40. The van der Waals surface area contributed by atoms with E-state index in [1.807, 2.05) is 0 Å². The van der Waals surface area contributed by atoms with Gasteiger partial charge < -0.3 is 21.7 Å². The summed E-state index contributed by atoms with van der Waals surface area (Å²) in [6.45, 7) is 9.84. The van der Waals surface area contributed by atoms with E-state index in [9.17, 15) is 17.3 Å². The number of nitrogens with zero attached hydrogens (tertiary/aromatic N) is 2. The minimum Gasteiger partial charge on any atom is -0.418 e. The van der Waals surface area contributed by atoms with E-state index >= 15 is 0 Å². The Kier molecular flexibility index (Phi) is 12.6. The summed E-state index contributed by atoms with van der Waals surface area (Å²) >= 11 is 0. The Hall–Kier alpha value is -1.11. The molecule has 1 aromatic heterocycles. The standard InChI is InChI=1S/C11H18N.C7H16N.BF4/c1-2-3-4-6-9-12-10-7-5-8-11-12;1-3-8(2)6-4-5-7-8;2-1(3,4)5/h5,7-8,10-11H,2-4,6,9H2,1H3;3-7H2,1-2H3;/q2*+1;-1. The molecule has 0 radical (unpaired) electrons. The van der Waals surface area contributed by atoms with Crippen LogP contribution in [0.2, 0.25) is 0 Å². The lowest BCUT2D eigenvalue weighted by Gasteiger charge is -2.26. The number of aromatic nitrogens is 1. The van der Waals surface area contributed by atoms with E-state index in [0.717, 1.165) is 0 Å². The van der Waals surface area contributed by atoms with E-state index in [1.165, 1.54) is 69.2 Å². The molecule has 0 bridgehead atoms. The Morgan fingerprint density at radius 3 is 1.80 bits per heavy atom. The van der Waals surface area contributed by atoms with Crippen LogP contribution >= 0.6 is 0 Å². The number of quaternary nitrogens is 1. The topological polar surface area (TPSA) is 3.88 Å². The molecule has 0 N–H and O–H groups in total. The van der Waals surface area contributed by atoms with Crippen molar-refractivity contribution < 1.29 is 26.3 Å². The Bertz CT molecular complexity index is 415. The number of rotatable bonds is 6. The Morgan fingerprint density at radius 2 is 1.40 bits per heavy atom. The number of pyridine rings is 1. The highest BCUT2D eigenvalue weighted by Crippen LogP contribution is 2.14. The predicted molar refractivity (Wildman–Crippen MR) is 96.7 cm³/mol. The van der Waals surface area contributed by atoms with Crippen molar-refractivity contribution in [1.29, 1.82) is 0 Å². The second-order valence-electron chi connectivity index (χ2n) is 6.76. The van der Waals surface area contributed by atoms with E-state index in [-0.39, 0.29) is 0 Å². The van der Waals surface area contributed by atoms with Crippen LogP contribution in [-0.2, 0) is 6.54 Å². The summed E-state index contributed by atoms with van der Waals surface area (Å²) < 4.78 is 42.6. The van der Waals surface area contributed by atoms with E-state index in [1.54, 1.807) is 0 Å². The van der Waals surface area contributed by atoms with Crippen LogP contribution in [-0.4, -0.2) is 38.4 Å². The number of hydrogen-bond donors (Lipinski definition) is 0. The van der Waals surface area contributed by atoms with Crippen LogP contribution in [0.25, 0.3) is 0 Å². The molecular weight excluding hydrogens is 331 g/mol.